The molecule has 0 bridgehead atoms. The fourth-order valence-corrected chi connectivity index (χ4v) is 3.15. The summed E-state index contributed by atoms with van der Waals surface area (Å²) in [4.78, 5) is 4.34. The monoisotopic (exact) mass is 497 g/mol. The number of hydrogen-bond donors (Lipinski definition) is 2. The van der Waals surface area contributed by atoms with Gasteiger partial charge in [-0.25, -0.2) is 0 Å². The quantitative estimate of drug-likeness (QED) is 0.344. The van der Waals surface area contributed by atoms with E-state index in [0.717, 1.165) is 23.9 Å². The van der Waals surface area contributed by atoms with E-state index in [-0.39, 0.29) is 29.4 Å². The summed E-state index contributed by atoms with van der Waals surface area (Å²) in [6, 6.07) is 14.0. The zero-order valence-corrected chi connectivity index (χ0v) is 19.1. The number of anilines is 1. The molecule has 2 aromatic rings. The Bertz CT molecular complexity index is 805. The Morgan fingerprint density at radius 3 is 2.18 bits per heavy atom. The molecule has 1 saturated carbocycles. The van der Waals surface area contributed by atoms with Gasteiger partial charge in [-0.15, -0.1) is 24.0 Å². The number of aliphatic imine (C=N–C) groups is 1. The number of guanidine groups is 1. The average molecular weight is 497 g/mol. The molecule has 1 aliphatic carbocycles. The van der Waals surface area contributed by atoms with Crippen LogP contribution in [-0.2, 0) is 5.41 Å². The first-order valence-electron chi connectivity index (χ1n) is 8.98. The van der Waals surface area contributed by atoms with Gasteiger partial charge in [-0.1, -0.05) is 12.1 Å². The van der Waals surface area contributed by atoms with Gasteiger partial charge in [0.05, 0.1) is 21.3 Å². The molecule has 0 unspecified atom stereocenters. The first-order chi connectivity index (χ1) is 13.1. The maximum absolute atomic E-state index is 5.36. The smallest absolute Gasteiger partial charge is 0.195 e. The Morgan fingerprint density at radius 2 is 1.64 bits per heavy atom. The topological polar surface area (TPSA) is 64.1 Å². The fraction of sp³-hybridized carbons (Fsp3) is 0.381. The second kappa shape index (κ2) is 9.86. The zero-order chi connectivity index (χ0) is 19.3. The van der Waals surface area contributed by atoms with Gasteiger partial charge in [0, 0.05) is 30.8 Å². The molecule has 152 valence electrons. The number of halogens is 1. The van der Waals surface area contributed by atoms with Crippen LogP contribution in [0, 0.1) is 0 Å². The molecule has 0 amide bonds. The molecule has 3 rings (SSSR count). The zero-order valence-electron chi connectivity index (χ0n) is 16.7. The lowest BCUT2D eigenvalue weighted by Gasteiger charge is -2.19. The summed E-state index contributed by atoms with van der Waals surface area (Å²) in [5.74, 6) is 2.98. The van der Waals surface area contributed by atoms with Gasteiger partial charge < -0.3 is 24.8 Å². The minimum absolute atomic E-state index is 0. The van der Waals surface area contributed by atoms with Gasteiger partial charge in [0.25, 0.3) is 0 Å². The highest BCUT2D eigenvalue weighted by molar-refractivity contribution is 14.0. The maximum atomic E-state index is 5.36. The Labute approximate surface area is 183 Å². The largest absolute Gasteiger partial charge is 0.497 e. The predicted octanol–water partition coefficient (Wildman–Crippen LogP) is 4.05. The third kappa shape index (κ3) is 5.01. The third-order valence-corrected chi connectivity index (χ3v) is 5.02. The minimum Gasteiger partial charge on any atom is -0.497 e. The highest BCUT2D eigenvalue weighted by Crippen LogP contribution is 2.47. The third-order valence-electron chi connectivity index (χ3n) is 5.02. The van der Waals surface area contributed by atoms with Crippen LogP contribution < -0.4 is 24.8 Å². The summed E-state index contributed by atoms with van der Waals surface area (Å²) in [7, 11) is 6.70. The minimum atomic E-state index is 0. The molecule has 0 saturated heterocycles. The van der Waals surface area contributed by atoms with E-state index in [0.29, 0.717) is 11.5 Å². The Kier molecular flexibility index (Phi) is 7.79. The van der Waals surface area contributed by atoms with E-state index in [1.807, 2.05) is 30.3 Å². The van der Waals surface area contributed by atoms with Crippen LogP contribution in [-0.4, -0.2) is 40.9 Å². The van der Waals surface area contributed by atoms with Crippen LogP contribution in [0.1, 0.15) is 18.4 Å². The molecular formula is C21H28IN3O3. The number of rotatable bonds is 7. The molecule has 1 aliphatic rings. The molecule has 1 fully saturated rings. The summed E-state index contributed by atoms with van der Waals surface area (Å²) in [5.41, 5.74) is 2.38. The summed E-state index contributed by atoms with van der Waals surface area (Å²) in [6.45, 7) is 0.826. The summed E-state index contributed by atoms with van der Waals surface area (Å²) in [5, 5.41) is 6.76. The van der Waals surface area contributed by atoms with E-state index in [2.05, 4.69) is 27.8 Å². The molecular weight excluding hydrogens is 469 g/mol. The average Bonchev–Trinajstić information content (AvgIpc) is 3.52. The van der Waals surface area contributed by atoms with Crippen LogP contribution in [0.5, 0.6) is 17.2 Å². The molecule has 2 aromatic carbocycles. The van der Waals surface area contributed by atoms with Gasteiger partial charge >= 0.3 is 0 Å². The van der Waals surface area contributed by atoms with Crippen molar-refractivity contribution < 1.29 is 14.2 Å². The molecule has 0 spiro atoms. The van der Waals surface area contributed by atoms with Crippen LogP contribution in [0.2, 0.25) is 0 Å². The first-order valence-corrected chi connectivity index (χ1v) is 8.98. The number of nitrogens with zero attached hydrogens (tertiary/aromatic N) is 1. The second-order valence-electron chi connectivity index (χ2n) is 6.63. The SMILES string of the molecule is CN=C(NCC1(c2ccc(OC)cc2)CC1)Nc1ccc(OC)c(OC)c1.I. The molecule has 7 heteroatoms. The number of methoxy groups -OCH3 is 3. The Hall–Kier alpha value is -2.16. The predicted molar refractivity (Wildman–Crippen MR) is 124 cm³/mol. The summed E-state index contributed by atoms with van der Waals surface area (Å²) in [6.07, 6.45) is 2.33. The van der Waals surface area contributed by atoms with Crippen LogP contribution >= 0.6 is 24.0 Å². The van der Waals surface area contributed by atoms with Crippen molar-refractivity contribution in [3.63, 3.8) is 0 Å². The number of ether oxygens (including phenoxy) is 3. The van der Waals surface area contributed by atoms with Crippen molar-refractivity contribution in [2.45, 2.75) is 18.3 Å². The van der Waals surface area contributed by atoms with Crippen LogP contribution in [0.4, 0.5) is 5.69 Å². The summed E-state index contributed by atoms with van der Waals surface area (Å²) >= 11 is 0. The van der Waals surface area contributed by atoms with Gasteiger partial charge in [0.15, 0.2) is 17.5 Å². The van der Waals surface area contributed by atoms with Crippen LogP contribution in [0.15, 0.2) is 47.5 Å². The van der Waals surface area contributed by atoms with Crippen molar-refractivity contribution in [2.24, 2.45) is 4.99 Å². The highest BCUT2D eigenvalue weighted by Gasteiger charge is 2.44. The van der Waals surface area contributed by atoms with Gasteiger partial charge in [-0.05, 0) is 42.7 Å². The van der Waals surface area contributed by atoms with E-state index in [4.69, 9.17) is 14.2 Å². The highest BCUT2D eigenvalue weighted by atomic mass is 127. The van der Waals surface area contributed by atoms with Crippen molar-refractivity contribution in [3.05, 3.63) is 48.0 Å². The Balaban J connectivity index is 0.00000280. The van der Waals surface area contributed by atoms with Gasteiger partial charge in [0.1, 0.15) is 5.75 Å². The summed E-state index contributed by atoms with van der Waals surface area (Å²) < 4.78 is 15.9. The van der Waals surface area contributed by atoms with Crippen molar-refractivity contribution >= 4 is 35.6 Å². The van der Waals surface area contributed by atoms with Crippen LogP contribution in [0.3, 0.4) is 0 Å². The molecule has 0 aliphatic heterocycles. The molecule has 0 heterocycles. The maximum Gasteiger partial charge on any atom is 0.195 e. The first kappa shape index (κ1) is 22.1. The van der Waals surface area contributed by atoms with E-state index < -0.39 is 0 Å². The lowest BCUT2D eigenvalue weighted by atomic mass is 9.96. The second-order valence-corrected chi connectivity index (χ2v) is 6.63. The van der Waals surface area contributed by atoms with E-state index >= 15 is 0 Å². The molecule has 28 heavy (non-hydrogen) atoms. The fourth-order valence-electron chi connectivity index (χ4n) is 3.15. The number of hydrogen-bond acceptors (Lipinski definition) is 4. The lowest BCUT2D eigenvalue weighted by molar-refractivity contribution is 0.355. The van der Waals surface area contributed by atoms with Crippen LogP contribution in [0.25, 0.3) is 0 Å². The molecule has 0 atom stereocenters. The lowest BCUT2D eigenvalue weighted by Crippen LogP contribution is -2.36. The molecule has 0 aromatic heterocycles. The molecule has 2 N–H and O–H groups in total. The van der Waals surface area contributed by atoms with Gasteiger partial charge in [-0.2, -0.15) is 0 Å². The van der Waals surface area contributed by atoms with Gasteiger partial charge in [0.2, 0.25) is 0 Å². The van der Waals surface area contributed by atoms with E-state index in [9.17, 15) is 0 Å². The number of nitrogens with one attached hydrogen (secondary N) is 2. The van der Waals surface area contributed by atoms with E-state index in [1.165, 1.54) is 18.4 Å². The number of benzene rings is 2. The molecule has 6 nitrogen and oxygen atoms in total. The van der Waals surface area contributed by atoms with Gasteiger partial charge in [-0.3, -0.25) is 4.99 Å². The molecule has 0 radical (unpaired) electrons. The van der Waals surface area contributed by atoms with Crippen molar-refractivity contribution in [3.8, 4) is 17.2 Å². The van der Waals surface area contributed by atoms with Crippen molar-refractivity contribution in [1.82, 2.24) is 5.32 Å². The van der Waals surface area contributed by atoms with E-state index in [1.54, 1.807) is 28.4 Å². The normalized spacial score (nSPS) is 14.5. The van der Waals surface area contributed by atoms with Crippen molar-refractivity contribution in [1.29, 1.82) is 0 Å². The Morgan fingerprint density at radius 1 is 0.964 bits per heavy atom. The van der Waals surface area contributed by atoms with Crippen molar-refractivity contribution in [2.75, 3.05) is 40.2 Å². The standard InChI is InChI=1S/C21H27N3O3.HI/c1-22-20(24-16-7-10-18(26-3)19(13-16)27-4)23-14-21(11-12-21)15-5-8-17(25-2)9-6-15;/h5-10,13H,11-12,14H2,1-4H3,(H2,22,23,24);1H.